The van der Waals surface area contributed by atoms with Gasteiger partial charge in [-0.05, 0) is 48.9 Å². The van der Waals surface area contributed by atoms with E-state index in [1.165, 1.54) is 12.3 Å². The number of nitrogens with one attached hydrogen (secondary N) is 1. The molecule has 1 aromatic heterocycles. The quantitative estimate of drug-likeness (QED) is 0.644. The lowest BCUT2D eigenvalue weighted by molar-refractivity contribution is 0.415. The van der Waals surface area contributed by atoms with Crippen molar-refractivity contribution in [3.8, 4) is 17.2 Å². The van der Waals surface area contributed by atoms with Gasteiger partial charge in [0.05, 0.1) is 17.7 Å². The summed E-state index contributed by atoms with van der Waals surface area (Å²) in [5, 5.41) is 0.415. The lowest BCUT2D eigenvalue weighted by Gasteiger charge is -2.09. The molecule has 0 atom stereocenters. The monoisotopic (exact) mass is 406 g/mol. The second-order valence-corrected chi connectivity index (χ2v) is 8.03. The van der Waals surface area contributed by atoms with Crippen LogP contribution in [0.25, 0.3) is 11.5 Å². The Balaban J connectivity index is 1.64. The minimum Gasteiger partial charge on any atom is -0.497 e. The smallest absolute Gasteiger partial charge is 0.240 e. The first-order valence-electron chi connectivity index (χ1n) is 8.24. The molecule has 1 N–H and O–H groups in total. The van der Waals surface area contributed by atoms with E-state index in [4.69, 9.17) is 20.8 Å². The zero-order chi connectivity index (χ0) is 19.4. The average molecular weight is 407 g/mol. The Hall–Kier alpha value is -2.35. The molecule has 0 aliphatic carbocycles. The van der Waals surface area contributed by atoms with E-state index in [2.05, 4.69) is 9.71 Å². The van der Waals surface area contributed by atoms with Crippen LogP contribution in [0.3, 0.4) is 0 Å². The summed E-state index contributed by atoms with van der Waals surface area (Å²) in [6.07, 6.45) is 1.93. The molecule has 2 aromatic carbocycles. The van der Waals surface area contributed by atoms with Crippen LogP contribution in [0, 0.1) is 6.92 Å². The van der Waals surface area contributed by atoms with Gasteiger partial charge in [0.15, 0.2) is 0 Å². The van der Waals surface area contributed by atoms with Crippen molar-refractivity contribution in [1.29, 1.82) is 0 Å². The van der Waals surface area contributed by atoms with Crippen molar-refractivity contribution in [3.63, 3.8) is 0 Å². The van der Waals surface area contributed by atoms with Crippen molar-refractivity contribution < 1.29 is 17.6 Å². The number of methoxy groups -OCH3 is 1. The van der Waals surface area contributed by atoms with Gasteiger partial charge in [0.2, 0.25) is 15.9 Å². The van der Waals surface area contributed by atoms with Crippen molar-refractivity contribution in [3.05, 3.63) is 65.0 Å². The van der Waals surface area contributed by atoms with Crippen molar-refractivity contribution in [2.24, 2.45) is 0 Å². The zero-order valence-electron chi connectivity index (χ0n) is 14.9. The van der Waals surface area contributed by atoms with Crippen LogP contribution in [-0.4, -0.2) is 27.1 Å². The molecule has 0 radical (unpaired) electrons. The third-order valence-electron chi connectivity index (χ3n) is 4.07. The van der Waals surface area contributed by atoms with Gasteiger partial charge >= 0.3 is 0 Å². The highest BCUT2D eigenvalue weighted by molar-refractivity contribution is 7.89. The highest BCUT2D eigenvalue weighted by Crippen LogP contribution is 2.23. The third kappa shape index (κ3) is 4.50. The van der Waals surface area contributed by atoms with E-state index >= 15 is 0 Å². The molecule has 0 spiro atoms. The maximum absolute atomic E-state index is 12.5. The maximum Gasteiger partial charge on any atom is 0.240 e. The van der Waals surface area contributed by atoms with Crippen molar-refractivity contribution in [2.45, 2.75) is 18.2 Å². The first kappa shape index (κ1) is 19.4. The number of halogens is 1. The summed E-state index contributed by atoms with van der Waals surface area (Å²) in [7, 11) is -2.04. The lowest BCUT2D eigenvalue weighted by atomic mass is 10.2. The van der Waals surface area contributed by atoms with Gasteiger partial charge in [0.25, 0.3) is 0 Å². The molecule has 0 fully saturated rings. The maximum atomic E-state index is 12.5. The highest BCUT2D eigenvalue weighted by atomic mass is 35.5. The van der Waals surface area contributed by atoms with Gasteiger partial charge in [-0.3, -0.25) is 0 Å². The van der Waals surface area contributed by atoms with E-state index in [1.807, 2.05) is 24.3 Å². The van der Waals surface area contributed by atoms with Crippen molar-refractivity contribution in [2.75, 3.05) is 13.7 Å². The van der Waals surface area contributed by atoms with Gasteiger partial charge in [-0.15, -0.1) is 0 Å². The normalized spacial score (nSPS) is 11.5. The van der Waals surface area contributed by atoms with Gasteiger partial charge in [0, 0.05) is 23.6 Å². The summed E-state index contributed by atoms with van der Waals surface area (Å²) in [6.45, 7) is 1.87. The minimum atomic E-state index is -3.64. The molecule has 3 aromatic rings. The number of rotatable bonds is 7. The molecular formula is C19H19ClN2O4S. The molecule has 0 saturated heterocycles. The van der Waals surface area contributed by atoms with E-state index in [-0.39, 0.29) is 11.4 Å². The largest absolute Gasteiger partial charge is 0.497 e. The average Bonchev–Trinajstić information content (AvgIpc) is 3.12. The molecule has 1 heterocycles. The first-order chi connectivity index (χ1) is 12.9. The van der Waals surface area contributed by atoms with E-state index in [0.29, 0.717) is 28.6 Å². The Morgan fingerprint density at radius 2 is 1.93 bits per heavy atom. The van der Waals surface area contributed by atoms with Gasteiger partial charge in [-0.2, -0.15) is 0 Å². The number of nitrogens with zero attached hydrogens (tertiary/aromatic N) is 1. The van der Waals surface area contributed by atoms with Crippen LogP contribution >= 0.6 is 11.6 Å². The molecule has 142 valence electrons. The number of hydrogen-bond donors (Lipinski definition) is 1. The predicted octanol–water partition coefficient (Wildman–Crippen LogP) is 3.83. The Morgan fingerprint density at radius 1 is 1.19 bits per heavy atom. The summed E-state index contributed by atoms with van der Waals surface area (Å²) >= 11 is 6.01. The minimum absolute atomic E-state index is 0.175. The van der Waals surface area contributed by atoms with Crippen LogP contribution in [0.5, 0.6) is 5.75 Å². The molecule has 0 aliphatic rings. The number of ether oxygens (including phenoxy) is 1. The molecule has 3 rings (SSSR count). The van der Waals surface area contributed by atoms with Crippen molar-refractivity contribution >= 4 is 21.6 Å². The molecule has 8 heteroatoms. The molecular weight excluding hydrogens is 388 g/mol. The first-order valence-corrected chi connectivity index (χ1v) is 10.1. The van der Waals surface area contributed by atoms with Crippen LogP contribution in [0.15, 0.2) is 58.0 Å². The van der Waals surface area contributed by atoms with Gasteiger partial charge < -0.3 is 9.15 Å². The summed E-state index contributed by atoms with van der Waals surface area (Å²) in [6, 6.07) is 12.1. The molecule has 0 bridgehead atoms. The van der Waals surface area contributed by atoms with Crippen molar-refractivity contribution in [1.82, 2.24) is 9.71 Å². The molecule has 0 saturated carbocycles. The molecule has 27 heavy (non-hydrogen) atoms. The van der Waals surface area contributed by atoms with E-state index in [0.717, 1.165) is 11.3 Å². The SMILES string of the molecule is COc1ccc(-c2nc(CCNS(=O)(=O)c3cccc(Cl)c3C)co2)cc1. The summed E-state index contributed by atoms with van der Waals surface area (Å²) < 4.78 is 38.1. The van der Waals surface area contributed by atoms with Crippen LogP contribution in [0.4, 0.5) is 0 Å². The van der Waals surface area contributed by atoms with Gasteiger partial charge in [-0.25, -0.2) is 18.1 Å². The molecule has 0 amide bonds. The van der Waals surface area contributed by atoms with Crippen LogP contribution in [0.2, 0.25) is 5.02 Å². The second kappa shape index (κ2) is 8.12. The summed E-state index contributed by atoms with van der Waals surface area (Å²) in [5.41, 5.74) is 2.00. The fourth-order valence-electron chi connectivity index (χ4n) is 2.56. The molecule has 0 unspecified atom stereocenters. The van der Waals surface area contributed by atoms with Crippen LogP contribution < -0.4 is 9.46 Å². The lowest BCUT2D eigenvalue weighted by Crippen LogP contribution is -2.26. The zero-order valence-corrected chi connectivity index (χ0v) is 16.5. The Labute approximate surface area is 163 Å². The van der Waals surface area contributed by atoms with Gasteiger partial charge in [-0.1, -0.05) is 17.7 Å². The Morgan fingerprint density at radius 3 is 2.63 bits per heavy atom. The fourth-order valence-corrected chi connectivity index (χ4v) is 4.09. The fraction of sp³-hybridized carbons (Fsp3) is 0.211. The number of sulfonamides is 1. The number of oxazole rings is 1. The second-order valence-electron chi connectivity index (χ2n) is 5.88. The molecule has 0 aliphatic heterocycles. The van der Waals surface area contributed by atoms with E-state index < -0.39 is 10.0 Å². The number of hydrogen-bond acceptors (Lipinski definition) is 5. The third-order valence-corrected chi connectivity index (χ3v) is 6.08. The Kier molecular flexibility index (Phi) is 5.84. The topological polar surface area (TPSA) is 81.4 Å². The Bertz CT molecular complexity index is 1030. The predicted molar refractivity (Wildman–Crippen MR) is 104 cm³/mol. The van der Waals surface area contributed by atoms with Crippen LogP contribution in [0.1, 0.15) is 11.3 Å². The number of benzene rings is 2. The van der Waals surface area contributed by atoms with E-state index in [9.17, 15) is 8.42 Å². The van der Waals surface area contributed by atoms with Crippen LogP contribution in [-0.2, 0) is 16.4 Å². The van der Waals surface area contributed by atoms with Gasteiger partial charge in [0.1, 0.15) is 12.0 Å². The summed E-state index contributed by atoms with van der Waals surface area (Å²) in [5.74, 6) is 1.22. The standard InChI is InChI=1S/C19H19ClN2O4S/c1-13-17(20)4-3-5-18(13)27(23,24)21-11-10-15-12-26-19(22-15)14-6-8-16(25-2)9-7-14/h3-9,12,21H,10-11H2,1-2H3. The summed E-state index contributed by atoms with van der Waals surface area (Å²) in [4.78, 5) is 4.57. The molecule has 6 nitrogen and oxygen atoms in total. The van der Waals surface area contributed by atoms with E-state index in [1.54, 1.807) is 26.2 Å². The number of aromatic nitrogens is 1. The highest BCUT2D eigenvalue weighted by Gasteiger charge is 2.18.